The third-order valence-electron chi connectivity index (χ3n) is 4.70. The molecule has 0 saturated carbocycles. The average molecular weight is 392 g/mol. The van der Waals surface area contributed by atoms with Crippen molar-refractivity contribution in [3.8, 4) is 22.8 Å². The Morgan fingerprint density at radius 2 is 1.63 bits per heavy atom. The highest BCUT2D eigenvalue weighted by molar-refractivity contribution is 6.08. The molecule has 5 rings (SSSR count). The Balaban J connectivity index is 1.39. The molecule has 0 unspecified atom stereocenters. The van der Waals surface area contributed by atoms with Gasteiger partial charge in [0.15, 0.2) is 5.82 Å². The number of rotatable bonds is 5. The Labute approximate surface area is 172 Å². The molecule has 0 fully saturated rings. The Kier molecular flexibility index (Phi) is 4.50. The molecule has 6 nitrogen and oxygen atoms in total. The molecule has 0 aliphatic rings. The summed E-state index contributed by atoms with van der Waals surface area (Å²) >= 11 is 0. The van der Waals surface area contributed by atoms with Gasteiger partial charge in [0.25, 0.3) is 0 Å². The molecule has 5 aromatic rings. The summed E-state index contributed by atoms with van der Waals surface area (Å²) in [4.78, 5) is 28.6. The number of imidazole rings is 1. The lowest BCUT2D eigenvalue weighted by Gasteiger charge is -2.10. The summed E-state index contributed by atoms with van der Waals surface area (Å²) in [6.07, 6.45) is 5.13. The molecule has 0 aliphatic heterocycles. The Morgan fingerprint density at radius 1 is 0.833 bits per heavy atom. The molecule has 2 aromatic carbocycles. The van der Waals surface area contributed by atoms with Crippen LogP contribution in [0.2, 0.25) is 0 Å². The normalized spacial score (nSPS) is 10.8. The van der Waals surface area contributed by atoms with Crippen molar-refractivity contribution in [1.29, 1.82) is 0 Å². The molecule has 3 heterocycles. The molecule has 0 bridgehead atoms. The first-order valence-corrected chi connectivity index (χ1v) is 9.41. The highest BCUT2D eigenvalue weighted by Gasteiger charge is 2.14. The average Bonchev–Trinajstić information content (AvgIpc) is 3.24. The number of aromatic amines is 1. The van der Waals surface area contributed by atoms with E-state index in [1.807, 2.05) is 48.5 Å². The largest absolute Gasteiger partial charge is 0.438 e. The number of fused-ring (bicyclic) bond motifs is 1. The van der Waals surface area contributed by atoms with Gasteiger partial charge in [0.05, 0.1) is 11.0 Å². The summed E-state index contributed by atoms with van der Waals surface area (Å²) in [6.45, 7) is 0. The lowest BCUT2D eigenvalue weighted by atomic mass is 10.1. The summed E-state index contributed by atoms with van der Waals surface area (Å²) in [7, 11) is 0. The van der Waals surface area contributed by atoms with Crippen LogP contribution in [-0.2, 0) is 0 Å². The molecule has 0 radical (unpaired) electrons. The quantitative estimate of drug-likeness (QED) is 0.424. The van der Waals surface area contributed by atoms with E-state index in [1.54, 1.807) is 42.9 Å². The summed E-state index contributed by atoms with van der Waals surface area (Å²) in [5, 5.41) is 0. The van der Waals surface area contributed by atoms with Crippen LogP contribution in [0, 0.1) is 0 Å². The number of nitrogens with one attached hydrogen (secondary N) is 1. The monoisotopic (exact) mass is 392 g/mol. The van der Waals surface area contributed by atoms with Crippen molar-refractivity contribution >= 4 is 16.8 Å². The smallest absolute Gasteiger partial charge is 0.228 e. The van der Waals surface area contributed by atoms with Crippen LogP contribution in [0.1, 0.15) is 16.2 Å². The topological polar surface area (TPSA) is 80.8 Å². The van der Waals surface area contributed by atoms with E-state index in [0.717, 1.165) is 22.2 Å². The molecule has 0 atom stereocenters. The van der Waals surface area contributed by atoms with Crippen LogP contribution >= 0.6 is 0 Å². The maximum Gasteiger partial charge on any atom is 0.228 e. The Bertz CT molecular complexity index is 1300. The van der Waals surface area contributed by atoms with Gasteiger partial charge in [-0.25, -0.2) is 9.97 Å². The van der Waals surface area contributed by atoms with E-state index in [1.165, 1.54) is 0 Å². The fraction of sp³-hybridized carbons (Fsp3) is 0. The summed E-state index contributed by atoms with van der Waals surface area (Å²) in [5.74, 6) is 1.22. The molecule has 0 amide bonds. The van der Waals surface area contributed by atoms with Gasteiger partial charge in [-0.1, -0.05) is 12.1 Å². The molecule has 0 spiro atoms. The zero-order valence-electron chi connectivity index (χ0n) is 15.8. The zero-order valence-corrected chi connectivity index (χ0v) is 15.8. The van der Waals surface area contributed by atoms with Crippen LogP contribution in [0.25, 0.3) is 22.2 Å². The maximum atomic E-state index is 12.8. The van der Waals surface area contributed by atoms with Gasteiger partial charge in [0.1, 0.15) is 5.75 Å². The maximum absolute atomic E-state index is 12.8. The second-order valence-electron chi connectivity index (χ2n) is 6.65. The lowest BCUT2D eigenvalue weighted by Crippen LogP contribution is -2.03. The van der Waals surface area contributed by atoms with Crippen LogP contribution in [0.5, 0.6) is 11.6 Å². The Hall–Kier alpha value is -4.32. The van der Waals surface area contributed by atoms with Gasteiger partial charge >= 0.3 is 0 Å². The number of pyridine rings is 2. The predicted octanol–water partition coefficient (Wildman–Crippen LogP) is 5.04. The van der Waals surface area contributed by atoms with Crippen molar-refractivity contribution < 1.29 is 9.53 Å². The van der Waals surface area contributed by atoms with Gasteiger partial charge in [-0.05, 0) is 66.2 Å². The second-order valence-corrected chi connectivity index (χ2v) is 6.65. The fourth-order valence-electron chi connectivity index (χ4n) is 3.21. The third kappa shape index (κ3) is 3.42. The molecule has 144 valence electrons. The summed E-state index contributed by atoms with van der Waals surface area (Å²) in [5.41, 5.74) is 3.95. The number of hydrogen-bond acceptors (Lipinski definition) is 5. The second kappa shape index (κ2) is 7.60. The number of carbonyl (C=O) groups excluding carboxylic acids is 1. The number of benzene rings is 2. The number of ether oxygens (including phenoxy) is 1. The minimum atomic E-state index is -0.173. The van der Waals surface area contributed by atoms with Crippen LogP contribution in [0.15, 0.2) is 91.4 Å². The highest BCUT2D eigenvalue weighted by atomic mass is 16.5. The van der Waals surface area contributed by atoms with E-state index in [-0.39, 0.29) is 5.78 Å². The van der Waals surface area contributed by atoms with E-state index < -0.39 is 0 Å². The first kappa shape index (κ1) is 17.8. The van der Waals surface area contributed by atoms with Crippen LogP contribution in [0.4, 0.5) is 0 Å². The fourth-order valence-corrected chi connectivity index (χ4v) is 3.21. The van der Waals surface area contributed by atoms with Gasteiger partial charge in [-0.15, -0.1) is 0 Å². The van der Waals surface area contributed by atoms with Crippen molar-refractivity contribution in [2.24, 2.45) is 0 Å². The van der Waals surface area contributed by atoms with Crippen LogP contribution in [-0.4, -0.2) is 25.7 Å². The van der Waals surface area contributed by atoms with E-state index >= 15 is 0 Å². The molecule has 6 heteroatoms. The van der Waals surface area contributed by atoms with Crippen molar-refractivity contribution in [2.75, 3.05) is 0 Å². The van der Waals surface area contributed by atoms with Crippen molar-refractivity contribution in [1.82, 2.24) is 19.9 Å². The predicted molar refractivity (Wildman–Crippen MR) is 114 cm³/mol. The first-order chi connectivity index (χ1) is 14.8. The number of carbonyl (C=O) groups is 1. The van der Waals surface area contributed by atoms with Gasteiger partial charge in [0, 0.05) is 29.7 Å². The van der Waals surface area contributed by atoms with Crippen LogP contribution in [0.3, 0.4) is 0 Å². The molecule has 1 N–H and O–H groups in total. The number of nitrogens with zero attached hydrogens (tertiary/aromatic N) is 3. The molecular weight excluding hydrogens is 376 g/mol. The number of para-hydroxylation sites is 2. The number of hydrogen-bond donors (Lipinski definition) is 1. The standard InChI is InChI=1S/C24H16N4O2/c29-22(23-27-20-5-1-2-6-21(20)28-23)17-7-9-18(10-8-17)30-24-19(4-3-13-26-24)16-11-14-25-15-12-16/h1-15H,(H,27,28). The Morgan fingerprint density at radius 3 is 2.43 bits per heavy atom. The first-order valence-electron chi connectivity index (χ1n) is 9.41. The molecular formula is C24H16N4O2. The van der Waals surface area contributed by atoms with Crippen molar-refractivity contribution in [3.63, 3.8) is 0 Å². The minimum Gasteiger partial charge on any atom is -0.438 e. The van der Waals surface area contributed by atoms with E-state index in [2.05, 4.69) is 19.9 Å². The van der Waals surface area contributed by atoms with E-state index in [9.17, 15) is 4.79 Å². The minimum absolute atomic E-state index is 0.173. The van der Waals surface area contributed by atoms with Gasteiger partial charge in [0.2, 0.25) is 11.7 Å². The molecule has 3 aromatic heterocycles. The zero-order chi connectivity index (χ0) is 20.3. The van der Waals surface area contributed by atoms with Crippen molar-refractivity contribution in [2.45, 2.75) is 0 Å². The number of H-pyrrole nitrogens is 1. The van der Waals surface area contributed by atoms with Gasteiger partial charge < -0.3 is 9.72 Å². The van der Waals surface area contributed by atoms with Gasteiger partial charge in [-0.2, -0.15) is 0 Å². The third-order valence-corrected chi connectivity index (χ3v) is 4.70. The van der Waals surface area contributed by atoms with E-state index in [4.69, 9.17) is 4.74 Å². The SMILES string of the molecule is O=C(c1ccc(Oc2ncccc2-c2ccncc2)cc1)c1nc2ccccc2[nH]1. The molecule has 0 saturated heterocycles. The van der Waals surface area contributed by atoms with Gasteiger partial charge in [-0.3, -0.25) is 9.78 Å². The van der Waals surface area contributed by atoms with Crippen LogP contribution < -0.4 is 4.74 Å². The number of ketones is 1. The molecule has 0 aliphatic carbocycles. The van der Waals surface area contributed by atoms with E-state index in [0.29, 0.717) is 23.0 Å². The highest BCUT2D eigenvalue weighted by Crippen LogP contribution is 2.31. The summed E-state index contributed by atoms with van der Waals surface area (Å²) in [6, 6.07) is 22.1. The lowest BCUT2D eigenvalue weighted by molar-refractivity contribution is 0.103. The molecule has 30 heavy (non-hydrogen) atoms. The number of aromatic nitrogens is 4. The summed E-state index contributed by atoms with van der Waals surface area (Å²) < 4.78 is 5.99. The van der Waals surface area contributed by atoms with Crippen molar-refractivity contribution in [3.05, 3.63) is 103 Å².